The summed E-state index contributed by atoms with van der Waals surface area (Å²) < 4.78 is 5.81. The Morgan fingerprint density at radius 2 is 1.79 bits per heavy atom. The van der Waals surface area contributed by atoms with E-state index in [0.29, 0.717) is 5.88 Å². The van der Waals surface area contributed by atoms with Crippen LogP contribution in [0.15, 0.2) is 53.3 Å². The Balaban J connectivity index is 0.000000296. The van der Waals surface area contributed by atoms with Gasteiger partial charge >= 0.3 is 0 Å². The number of aryl methyl sites for hydroxylation is 1. The van der Waals surface area contributed by atoms with Gasteiger partial charge in [0.25, 0.3) is 0 Å². The number of hydrogen-bond acceptors (Lipinski definition) is 4. The highest BCUT2D eigenvalue weighted by Gasteiger charge is 2.13. The highest BCUT2D eigenvalue weighted by Crippen LogP contribution is 2.27. The van der Waals surface area contributed by atoms with E-state index in [0.717, 1.165) is 35.9 Å². The molecule has 2 aliphatic carbocycles. The molecule has 0 aliphatic heterocycles. The molecule has 0 atom stereocenters. The molecule has 0 bridgehead atoms. The molecule has 0 saturated heterocycles. The first-order valence-corrected chi connectivity index (χ1v) is 11.3. The summed E-state index contributed by atoms with van der Waals surface area (Å²) in [5.41, 5.74) is 1.04. The molecule has 3 rings (SSSR count). The zero-order chi connectivity index (χ0) is 20.8. The van der Waals surface area contributed by atoms with Crippen LogP contribution in [0.2, 0.25) is 0 Å². The summed E-state index contributed by atoms with van der Waals surface area (Å²) in [6.45, 7) is 8.17. The van der Waals surface area contributed by atoms with E-state index in [2.05, 4.69) is 37.2 Å². The average molecular weight is 402 g/mol. The van der Waals surface area contributed by atoms with Crippen LogP contribution in [0.4, 0.5) is 0 Å². The number of aromatic nitrogens is 1. The zero-order valence-corrected chi connectivity index (χ0v) is 18.8. The maximum absolute atomic E-state index is 8.81. The molecule has 4 heteroatoms. The molecule has 28 heavy (non-hydrogen) atoms. The first-order chi connectivity index (χ1) is 13.5. The van der Waals surface area contributed by atoms with Crippen LogP contribution >= 0.6 is 11.8 Å². The van der Waals surface area contributed by atoms with Crippen LogP contribution in [0, 0.1) is 18.8 Å². The van der Waals surface area contributed by atoms with E-state index in [1.54, 1.807) is 18.0 Å². The topological polar surface area (TPSA) is 39.2 Å². The Hall–Kier alpha value is -1.81. The van der Waals surface area contributed by atoms with Gasteiger partial charge < -0.3 is 9.53 Å². The minimum atomic E-state index is 0.672. The van der Waals surface area contributed by atoms with Crippen molar-refractivity contribution in [3.05, 3.63) is 58.9 Å². The summed E-state index contributed by atoms with van der Waals surface area (Å²) in [6.07, 6.45) is 19.6. The minimum Gasteiger partial charge on any atom is -0.439 e. The average Bonchev–Trinajstić information content (AvgIpc) is 2.92. The van der Waals surface area contributed by atoms with Crippen molar-refractivity contribution >= 4 is 18.0 Å². The lowest BCUT2D eigenvalue weighted by Gasteiger charge is -2.22. The van der Waals surface area contributed by atoms with Gasteiger partial charge in [-0.15, -0.1) is 11.8 Å². The van der Waals surface area contributed by atoms with Crippen molar-refractivity contribution in [3.8, 4) is 5.88 Å². The Morgan fingerprint density at radius 3 is 2.32 bits per heavy atom. The number of aldehydes is 1. The first kappa shape index (κ1) is 24.2. The van der Waals surface area contributed by atoms with Crippen molar-refractivity contribution in [2.45, 2.75) is 59.8 Å². The molecule has 0 aromatic carbocycles. The molecule has 3 nitrogen and oxygen atoms in total. The predicted octanol–water partition coefficient (Wildman–Crippen LogP) is 6.90. The third-order valence-electron chi connectivity index (χ3n) is 4.76. The van der Waals surface area contributed by atoms with Crippen molar-refractivity contribution in [1.29, 1.82) is 0 Å². The van der Waals surface area contributed by atoms with Gasteiger partial charge in [0.1, 0.15) is 12.0 Å². The molecule has 1 saturated carbocycles. The third kappa shape index (κ3) is 9.93. The lowest BCUT2D eigenvalue weighted by atomic mass is 9.84. The van der Waals surface area contributed by atoms with Crippen LogP contribution in [0.3, 0.4) is 0 Å². The van der Waals surface area contributed by atoms with Crippen LogP contribution < -0.4 is 4.74 Å². The summed E-state index contributed by atoms with van der Waals surface area (Å²) in [6, 6.07) is 3.90. The number of carbonyl (C=O) groups is 1. The second-order valence-corrected chi connectivity index (χ2v) is 8.28. The maximum atomic E-state index is 8.81. The molecule has 0 spiro atoms. The number of rotatable bonds is 3. The van der Waals surface area contributed by atoms with Crippen LogP contribution in [0.5, 0.6) is 5.88 Å². The second kappa shape index (κ2) is 14.2. The number of thioether (sulfide) groups is 1. The summed E-state index contributed by atoms with van der Waals surface area (Å²) in [5, 5.41) is 0. The third-order valence-corrected chi connectivity index (χ3v) is 5.57. The Labute approximate surface area is 175 Å². The summed E-state index contributed by atoms with van der Waals surface area (Å²) in [5.74, 6) is 3.55. The maximum Gasteiger partial charge on any atom is 0.222 e. The number of carbonyl (C=O) groups excluding carboxylic acids is 1. The Morgan fingerprint density at radius 1 is 1.18 bits per heavy atom. The van der Waals surface area contributed by atoms with E-state index < -0.39 is 0 Å². The molecule has 0 N–H and O–H groups in total. The van der Waals surface area contributed by atoms with E-state index in [1.807, 2.05) is 31.2 Å². The molecule has 1 aromatic rings. The number of hydrogen-bond donors (Lipinski definition) is 0. The smallest absolute Gasteiger partial charge is 0.222 e. The number of nitrogens with zero attached hydrogens (tertiary/aromatic N) is 1. The largest absolute Gasteiger partial charge is 0.439 e. The van der Waals surface area contributed by atoms with Gasteiger partial charge in [-0.1, -0.05) is 57.7 Å². The van der Waals surface area contributed by atoms with Crippen molar-refractivity contribution in [3.63, 3.8) is 0 Å². The number of allylic oxidation sites excluding steroid dienone is 5. The summed E-state index contributed by atoms with van der Waals surface area (Å²) in [4.78, 5) is 14.3. The molecule has 1 heterocycles. The standard InChI is InChI=1S/C14H15NOS.C8H16.C2H4O/c1-11-6-5-9-15-14(11)16-12-7-3-4-8-13(10-12)17-2;1-7-3-5-8(2)6-4-7;1-2-3/h3-7,9-10H,8H2,1-2H3;7-8H,3-6H2,1-2H3;2H,1H3. The van der Waals surface area contributed by atoms with Gasteiger partial charge in [0.2, 0.25) is 5.88 Å². The molecule has 0 radical (unpaired) electrons. The van der Waals surface area contributed by atoms with Crippen molar-refractivity contribution in [2.75, 3.05) is 6.26 Å². The lowest BCUT2D eigenvalue weighted by Crippen LogP contribution is -2.08. The van der Waals surface area contributed by atoms with Gasteiger partial charge in [-0.05, 0) is 61.5 Å². The normalized spacial score (nSPS) is 20.9. The highest BCUT2D eigenvalue weighted by atomic mass is 32.2. The van der Waals surface area contributed by atoms with Crippen LogP contribution in [0.1, 0.15) is 58.4 Å². The second-order valence-electron chi connectivity index (χ2n) is 7.34. The van der Waals surface area contributed by atoms with Crippen molar-refractivity contribution in [1.82, 2.24) is 4.98 Å². The first-order valence-electron chi connectivity index (χ1n) is 10.1. The van der Waals surface area contributed by atoms with Gasteiger partial charge in [-0.2, -0.15) is 0 Å². The van der Waals surface area contributed by atoms with E-state index in [9.17, 15) is 0 Å². The van der Waals surface area contributed by atoms with E-state index in [-0.39, 0.29) is 0 Å². The van der Waals surface area contributed by atoms with Crippen LogP contribution in [0.25, 0.3) is 0 Å². The van der Waals surface area contributed by atoms with Gasteiger partial charge in [-0.25, -0.2) is 4.98 Å². The Kier molecular flexibility index (Phi) is 12.3. The molecule has 154 valence electrons. The van der Waals surface area contributed by atoms with Crippen molar-refractivity contribution < 1.29 is 9.53 Å². The predicted molar refractivity (Wildman–Crippen MR) is 122 cm³/mol. The fourth-order valence-electron chi connectivity index (χ4n) is 2.93. The molecule has 0 unspecified atom stereocenters. The highest BCUT2D eigenvalue weighted by molar-refractivity contribution is 8.02. The van der Waals surface area contributed by atoms with E-state index in [4.69, 9.17) is 9.53 Å². The van der Waals surface area contributed by atoms with Gasteiger partial charge in [0, 0.05) is 11.8 Å². The summed E-state index contributed by atoms with van der Waals surface area (Å²) >= 11 is 1.75. The SMILES string of the molecule is CC1CCC(C)CC1.CC=O.CSC1=CC(Oc2ncccc2C)=CC=CC1. The van der Waals surface area contributed by atoms with Gasteiger partial charge in [0.15, 0.2) is 0 Å². The number of pyridine rings is 1. The molecular weight excluding hydrogens is 366 g/mol. The molecule has 0 amide bonds. The minimum absolute atomic E-state index is 0.672. The van der Waals surface area contributed by atoms with Crippen molar-refractivity contribution in [2.24, 2.45) is 11.8 Å². The number of ether oxygens (including phenoxy) is 1. The van der Waals surface area contributed by atoms with E-state index in [1.165, 1.54) is 37.5 Å². The molecular formula is C24H35NO2S. The van der Waals surface area contributed by atoms with E-state index >= 15 is 0 Å². The quantitative estimate of drug-likeness (QED) is 0.517. The molecule has 1 aromatic heterocycles. The lowest BCUT2D eigenvalue weighted by molar-refractivity contribution is -0.106. The van der Waals surface area contributed by atoms with Crippen LogP contribution in [-0.4, -0.2) is 17.5 Å². The molecule has 1 fully saturated rings. The monoisotopic (exact) mass is 401 g/mol. The van der Waals surface area contributed by atoms with Crippen LogP contribution in [-0.2, 0) is 4.79 Å². The Bertz CT molecular complexity index is 661. The molecule has 2 aliphatic rings. The van der Waals surface area contributed by atoms with Gasteiger partial charge in [0.05, 0.1) is 0 Å². The van der Waals surface area contributed by atoms with Gasteiger partial charge in [-0.3, -0.25) is 0 Å². The summed E-state index contributed by atoms with van der Waals surface area (Å²) in [7, 11) is 0. The fourth-order valence-corrected chi connectivity index (χ4v) is 3.43. The fraction of sp³-hybridized carbons (Fsp3) is 0.500. The zero-order valence-electron chi connectivity index (χ0n) is 18.0.